The summed E-state index contributed by atoms with van der Waals surface area (Å²) >= 11 is 0. The second kappa shape index (κ2) is 9.64. The summed E-state index contributed by atoms with van der Waals surface area (Å²) in [6.07, 6.45) is 0. The smallest absolute Gasteiger partial charge is 0.748 e. The molecule has 22 heavy (non-hydrogen) atoms. The third-order valence-corrected chi connectivity index (χ3v) is 3.72. The van der Waals surface area contributed by atoms with E-state index in [0.29, 0.717) is 0 Å². The maximum atomic E-state index is 10.6. The second-order valence-corrected chi connectivity index (χ2v) is 7.18. The first kappa shape index (κ1) is 27.3. The van der Waals surface area contributed by atoms with E-state index in [2.05, 4.69) is 10.2 Å². The Bertz CT molecular complexity index is 635. The largest absolute Gasteiger partial charge is 1.00 e. The summed E-state index contributed by atoms with van der Waals surface area (Å²) in [7, 11) is -9.59. The van der Waals surface area contributed by atoms with Crippen LogP contribution in [-0.4, -0.2) is 48.5 Å². The van der Waals surface area contributed by atoms with Gasteiger partial charge in [0.05, 0.1) is 43.9 Å². The molecule has 14 heteroatoms. The van der Waals surface area contributed by atoms with Gasteiger partial charge < -0.3 is 9.11 Å². The zero-order valence-electron chi connectivity index (χ0n) is 12.5. The van der Waals surface area contributed by atoms with Crippen LogP contribution < -0.4 is 59.1 Å². The van der Waals surface area contributed by atoms with E-state index in [1.54, 1.807) is 0 Å². The molecule has 0 heterocycles. The zero-order chi connectivity index (χ0) is 16.2. The number of nitriles is 2. The first-order valence-electron chi connectivity index (χ1n) is 4.88. The molecule has 0 saturated heterocycles. The van der Waals surface area contributed by atoms with Crippen LogP contribution in [0.15, 0.2) is 10.2 Å². The number of azo groups is 1. The van der Waals surface area contributed by atoms with Gasteiger partial charge in [0.25, 0.3) is 0 Å². The Morgan fingerprint density at radius 1 is 0.864 bits per heavy atom. The van der Waals surface area contributed by atoms with Gasteiger partial charge in [0.15, 0.2) is 11.1 Å². The van der Waals surface area contributed by atoms with Crippen molar-refractivity contribution in [3.05, 3.63) is 0 Å². The van der Waals surface area contributed by atoms with Crippen LogP contribution in [0.3, 0.4) is 0 Å². The van der Waals surface area contributed by atoms with Crippen LogP contribution in [-0.2, 0) is 20.2 Å². The molecule has 112 valence electrons. The molecule has 0 aromatic carbocycles. The Labute approximate surface area is 173 Å². The van der Waals surface area contributed by atoms with Gasteiger partial charge in [-0.25, -0.2) is 16.8 Å². The van der Waals surface area contributed by atoms with Crippen LogP contribution in [0.5, 0.6) is 0 Å². The van der Waals surface area contributed by atoms with Gasteiger partial charge in [0, 0.05) is 0 Å². The molecule has 0 fully saturated rings. The average molecular weight is 368 g/mol. The fourth-order valence-corrected chi connectivity index (χ4v) is 2.70. The van der Waals surface area contributed by atoms with Gasteiger partial charge in [0.2, 0.25) is 0 Å². The summed E-state index contributed by atoms with van der Waals surface area (Å²) in [4.78, 5) is 0. The standard InChI is InChI=1S/C8H12N4O6S2.2Na/c1-7(3-9,5-19(13,14)15)11-12-8(2,4-10)6-20(16,17)18;;/h5-6H2,1-2H3,(H,13,14,15)(H,16,17,18);;/q;2*+1/p-2. The molecule has 2 atom stereocenters. The van der Waals surface area contributed by atoms with E-state index in [4.69, 9.17) is 10.5 Å². The molecular formula is C8H10N4Na2O6S2. The van der Waals surface area contributed by atoms with Crippen molar-refractivity contribution in [3.63, 3.8) is 0 Å². The van der Waals surface area contributed by atoms with E-state index in [-0.39, 0.29) is 59.1 Å². The molecule has 2 unspecified atom stereocenters. The first-order chi connectivity index (χ1) is 8.74. The maximum Gasteiger partial charge on any atom is 1.00 e. The first-order valence-corrected chi connectivity index (χ1v) is 8.03. The van der Waals surface area contributed by atoms with E-state index in [9.17, 15) is 25.9 Å². The van der Waals surface area contributed by atoms with Crippen molar-refractivity contribution in [1.82, 2.24) is 0 Å². The van der Waals surface area contributed by atoms with Gasteiger partial charge in [-0.2, -0.15) is 20.8 Å². The summed E-state index contributed by atoms with van der Waals surface area (Å²) in [6.45, 7) is 1.94. The van der Waals surface area contributed by atoms with Crippen molar-refractivity contribution < 1.29 is 85.1 Å². The Balaban J connectivity index is -0.00000180. The molecule has 0 aliphatic carbocycles. The van der Waals surface area contributed by atoms with Gasteiger partial charge >= 0.3 is 59.1 Å². The predicted molar refractivity (Wildman–Crippen MR) is 62.0 cm³/mol. The quantitative estimate of drug-likeness (QED) is 0.251. The molecular weight excluding hydrogens is 358 g/mol. The number of hydrogen-bond donors (Lipinski definition) is 0. The van der Waals surface area contributed by atoms with Crippen molar-refractivity contribution in [3.8, 4) is 12.1 Å². The predicted octanol–water partition coefficient (Wildman–Crippen LogP) is -6.90. The monoisotopic (exact) mass is 368 g/mol. The van der Waals surface area contributed by atoms with Crippen LogP contribution in [0.4, 0.5) is 0 Å². The molecule has 0 saturated carbocycles. The topological polar surface area (TPSA) is 187 Å². The van der Waals surface area contributed by atoms with Crippen LogP contribution in [0.25, 0.3) is 0 Å². The van der Waals surface area contributed by atoms with Gasteiger partial charge in [-0.15, -0.1) is 0 Å². The molecule has 0 amide bonds. The zero-order valence-corrected chi connectivity index (χ0v) is 18.1. The minimum Gasteiger partial charge on any atom is -0.748 e. The fourth-order valence-electron chi connectivity index (χ4n) is 1.08. The van der Waals surface area contributed by atoms with Crippen molar-refractivity contribution in [2.24, 2.45) is 10.2 Å². The molecule has 0 spiro atoms. The van der Waals surface area contributed by atoms with E-state index in [0.717, 1.165) is 13.8 Å². The molecule has 10 nitrogen and oxygen atoms in total. The van der Waals surface area contributed by atoms with Gasteiger partial charge in [-0.1, -0.05) is 0 Å². The summed E-state index contributed by atoms with van der Waals surface area (Å²) in [5.41, 5.74) is -4.16. The third-order valence-electron chi connectivity index (χ3n) is 1.89. The van der Waals surface area contributed by atoms with Gasteiger partial charge in [-0.05, 0) is 13.8 Å². The molecule has 0 aliphatic rings. The van der Waals surface area contributed by atoms with Crippen LogP contribution in [0.1, 0.15) is 13.8 Å². The fraction of sp³-hybridized carbons (Fsp3) is 0.750. The van der Waals surface area contributed by atoms with Crippen LogP contribution >= 0.6 is 0 Å². The van der Waals surface area contributed by atoms with E-state index < -0.39 is 42.8 Å². The van der Waals surface area contributed by atoms with E-state index >= 15 is 0 Å². The second-order valence-electron chi connectivity index (χ2n) is 4.38. The Morgan fingerprint density at radius 3 is 1.23 bits per heavy atom. The Hall–Kier alpha value is 0.400. The molecule has 0 aliphatic heterocycles. The number of nitrogens with zero attached hydrogens (tertiary/aromatic N) is 4. The SMILES string of the molecule is CC(C#N)(CS(=O)(=O)[O-])N=NC(C)(C#N)CS(=O)(=O)[O-].[Na+].[Na+]. The van der Waals surface area contributed by atoms with Crippen molar-refractivity contribution in [1.29, 1.82) is 10.5 Å². The number of rotatable bonds is 6. The maximum absolute atomic E-state index is 10.6. The van der Waals surface area contributed by atoms with Crippen molar-refractivity contribution in [2.45, 2.75) is 24.9 Å². The summed E-state index contributed by atoms with van der Waals surface area (Å²) in [5, 5.41) is 24.1. The minimum absolute atomic E-state index is 0. The molecule has 0 aromatic rings. The van der Waals surface area contributed by atoms with Gasteiger partial charge in [0.1, 0.15) is 0 Å². The average Bonchev–Trinajstić information content (AvgIpc) is 2.22. The molecule has 0 aromatic heterocycles. The van der Waals surface area contributed by atoms with E-state index in [1.807, 2.05) is 0 Å². The number of hydrogen-bond acceptors (Lipinski definition) is 10. The molecule has 0 rings (SSSR count). The summed E-state index contributed by atoms with van der Waals surface area (Å²) in [5.74, 6) is -2.41. The molecule has 0 N–H and O–H groups in total. The summed E-state index contributed by atoms with van der Waals surface area (Å²) in [6, 6.07) is 2.84. The normalized spacial score (nSPS) is 17.0. The van der Waals surface area contributed by atoms with Crippen LogP contribution in [0.2, 0.25) is 0 Å². The van der Waals surface area contributed by atoms with Crippen molar-refractivity contribution in [2.75, 3.05) is 11.5 Å². The third kappa shape index (κ3) is 11.9. The molecule has 0 radical (unpaired) electrons. The van der Waals surface area contributed by atoms with Gasteiger partial charge in [-0.3, -0.25) is 0 Å². The van der Waals surface area contributed by atoms with Crippen LogP contribution in [0, 0.1) is 22.7 Å². The summed E-state index contributed by atoms with van der Waals surface area (Å²) < 4.78 is 63.7. The Kier molecular flexibility index (Phi) is 11.9. The Morgan fingerprint density at radius 2 is 1.09 bits per heavy atom. The molecule has 0 bridgehead atoms. The minimum atomic E-state index is -4.79. The van der Waals surface area contributed by atoms with E-state index in [1.165, 1.54) is 12.1 Å². The van der Waals surface area contributed by atoms with Crippen molar-refractivity contribution >= 4 is 20.2 Å².